The predicted molar refractivity (Wildman–Crippen MR) is 56.6 cm³/mol. The summed E-state index contributed by atoms with van der Waals surface area (Å²) < 4.78 is 1.05. The lowest BCUT2D eigenvalue weighted by molar-refractivity contribution is 0.649. The summed E-state index contributed by atoms with van der Waals surface area (Å²) in [5.41, 5.74) is 1.22. The van der Waals surface area contributed by atoms with Crippen molar-refractivity contribution in [1.29, 1.82) is 0 Å². The number of benzene rings is 1. The fourth-order valence-electron chi connectivity index (χ4n) is 1.01. The average molecular weight is 249 g/mol. The zero-order valence-corrected chi connectivity index (χ0v) is 9.41. The number of nitrogens with one attached hydrogen (secondary N) is 1. The Morgan fingerprint density at radius 1 is 1.50 bits per heavy atom. The highest BCUT2D eigenvalue weighted by Crippen LogP contribution is 2.25. The van der Waals surface area contributed by atoms with Crippen LogP contribution in [0.15, 0.2) is 22.7 Å². The van der Waals surface area contributed by atoms with E-state index in [1.807, 2.05) is 25.2 Å². The fourth-order valence-corrected chi connectivity index (χ4v) is 2.03. The molecule has 1 rings (SSSR count). The third-order valence-electron chi connectivity index (χ3n) is 1.86. The molecule has 0 aromatic heterocycles. The normalized spacial score (nSPS) is 13.0. The minimum Gasteiger partial charge on any atom is -0.313 e. The van der Waals surface area contributed by atoms with Crippen molar-refractivity contribution in [1.82, 2.24) is 5.32 Å². The zero-order chi connectivity index (χ0) is 9.14. The number of halogens is 2. The van der Waals surface area contributed by atoms with Crippen LogP contribution in [0.3, 0.4) is 0 Å². The summed E-state index contributed by atoms with van der Waals surface area (Å²) in [6.45, 7) is 2.11. The Morgan fingerprint density at radius 2 is 2.17 bits per heavy atom. The maximum absolute atomic E-state index is 5.81. The van der Waals surface area contributed by atoms with Crippen molar-refractivity contribution in [3.05, 3.63) is 33.3 Å². The van der Waals surface area contributed by atoms with Gasteiger partial charge < -0.3 is 5.32 Å². The first-order valence-corrected chi connectivity index (χ1v) is 4.94. The Morgan fingerprint density at radius 3 is 2.67 bits per heavy atom. The van der Waals surface area contributed by atoms with Gasteiger partial charge in [-0.1, -0.05) is 33.6 Å². The first-order valence-electron chi connectivity index (χ1n) is 3.77. The molecular weight excluding hydrogens is 237 g/mol. The lowest BCUT2D eigenvalue weighted by atomic mass is 10.1. The number of hydrogen-bond donors (Lipinski definition) is 1. The van der Waals surface area contributed by atoms with E-state index in [9.17, 15) is 0 Å². The molecule has 0 spiro atoms. The standard InChI is InChI=1S/C9H11BrClN/c1-6(12-2)8-4-3-7(11)5-9(8)10/h3-6,12H,1-2H3. The molecule has 1 nitrogen and oxygen atoms in total. The van der Waals surface area contributed by atoms with E-state index in [0.29, 0.717) is 6.04 Å². The zero-order valence-electron chi connectivity index (χ0n) is 7.07. The summed E-state index contributed by atoms with van der Waals surface area (Å²) >= 11 is 9.28. The van der Waals surface area contributed by atoms with Crippen molar-refractivity contribution < 1.29 is 0 Å². The molecule has 12 heavy (non-hydrogen) atoms. The van der Waals surface area contributed by atoms with E-state index in [0.717, 1.165) is 9.50 Å². The fraction of sp³-hybridized carbons (Fsp3) is 0.333. The van der Waals surface area contributed by atoms with Crippen molar-refractivity contribution in [3.63, 3.8) is 0 Å². The quantitative estimate of drug-likeness (QED) is 0.846. The van der Waals surface area contributed by atoms with Crippen LogP contribution in [0.5, 0.6) is 0 Å². The molecule has 1 atom stereocenters. The Bertz CT molecular complexity index is 275. The minimum atomic E-state index is 0.344. The molecule has 0 aliphatic carbocycles. The van der Waals surface area contributed by atoms with E-state index in [4.69, 9.17) is 11.6 Å². The highest BCUT2D eigenvalue weighted by atomic mass is 79.9. The molecule has 0 saturated carbocycles. The molecule has 0 aliphatic rings. The lowest BCUT2D eigenvalue weighted by Gasteiger charge is -2.12. The first kappa shape index (κ1) is 10.0. The summed E-state index contributed by atoms with van der Waals surface area (Å²) in [5, 5.41) is 3.93. The first-order chi connectivity index (χ1) is 5.65. The van der Waals surface area contributed by atoms with Gasteiger partial charge in [-0.2, -0.15) is 0 Å². The van der Waals surface area contributed by atoms with Crippen LogP contribution in [0, 0.1) is 0 Å². The van der Waals surface area contributed by atoms with Crippen LogP contribution in [-0.2, 0) is 0 Å². The van der Waals surface area contributed by atoms with Gasteiger partial charge in [0, 0.05) is 15.5 Å². The van der Waals surface area contributed by atoms with E-state index >= 15 is 0 Å². The van der Waals surface area contributed by atoms with Crippen molar-refractivity contribution in [2.45, 2.75) is 13.0 Å². The Labute approximate surface area is 86.2 Å². The maximum Gasteiger partial charge on any atom is 0.0417 e. The van der Waals surface area contributed by atoms with Crippen molar-refractivity contribution in [2.24, 2.45) is 0 Å². The average Bonchev–Trinajstić information content (AvgIpc) is 2.03. The van der Waals surface area contributed by atoms with Crippen LogP contribution in [0.4, 0.5) is 0 Å². The molecule has 0 aliphatic heterocycles. The van der Waals surface area contributed by atoms with E-state index in [1.54, 1.807) is 0 Å². The minimum absolute atomic E-state index is 0.344. The van der Waals surface area contributed by atoms with Gasteiger partial charge in [0.2, 0.25) is 0 Å². The van der Waals surface area contributed by atoms with E-state index < -0.39 is 0 Å². The number of rotatable bonds is 2. The summed E-state index contributed by atoms with van der Waals surface area (Å²) in [6, 6.07) is 6.17. The molecule has 1 N–H and O–H groups in total. The van der Waals surface area contributed by atoms with Crippen LogP contribution in [-0.4, -0.2) is 7.05 Å². The predicted octanol–water partition coefficient (Wildman–Crippen LogP) is 3.38. The Balaban J connectivity index is 3.01. The molecule has 0 heterocycles. The third kappa shape index (κ3) is 2.22. The van der Waals surface area contributed by atoms with Gasteiger partial charge in [-0.05, 0) is 31.7 Å². The second-order valence-corrected chi connectivity index (χ2v) is 3.97. The number of hydrogen-bond acceptors (Lipinski definition) is 1. The monoisotopic (exact) mass is 247 g/mol. The van der Waals surface area contributed by atoms with E-state index in [1.165, 1.54) is 5.56 Å². The Hall–Kier alpha value is -0.0500. The Kier molecular flexibility index (Phi) is 3.56. The molecule has 0 fully saturated rings. The van der Waals surface area contributed by atoms with Gasteiger partial charge in [-0.3, -0.25) is 0 Å². The lowest BCUT2D eigenvalue weighted by Crippen LogP contribution is -2.12. The SMILES string of the molecule is CNC(C)c1ccc(Cl)cc1Br. The van der Waals surface area contributed by atoms with Crippen molar-refractivity contribution in [2.75, 3.05) is 7.05 Å². The highest BCUT2D eigenvalue weighted by Gasteiger charge is 2.06. The summed E-state index contributed by atoms with van der Waals surface area (Å²) in [5.74, 6) is 0. The van der Waals surface area contributed by atoms with Gasteiger partial charge in [-0.15, -0.1) is 0 Å². The second kappa shape index (κ2) is 4.26. The topological polar surface area (TPSA) is 12.0 Å². The molecule has 0 bridgehead atoms. The van der Waals surface area contributed by atoms with Gasteiger partial charge in [0.1, 0.15) is 0 Å². The molecule has 1 unspecified atom stereocenters. The summed E-state index contributed by atoms with van der Waals surface area (Å²) in [4.78, 5) is 0. The largest absolute Gasteiger partial charge is 0.313 e. The van der Waals surface area contributed by atoms with Crippen LogP contribution in [0.25, 0.3) is 0 Å². The van der Waals surface area contributed by atoms with Crippen LogP contribution in [0.2, 0.25) is 5.02 Å². The van der Waals surface area contributed by atoms with Gasteiger partial charge in [-0.25, -0.2) is 0 Å². The molecule has 1 aromatic rings. The van der Waals surface area contributed by atoms with Gasteiger partial charge in [0.15, 0.2) is 0 Å². The molecule has 0 amide bonds. The van der Waals surface area contributed by atoms with Crippen LogP contribution < -0.4 is 5.32 Å². The van der Waals surface area contributed by atoms with Crippen molar-refractivity contribution >= 4 is 27.5 Å². The molecule has 3 heteroatoms. The smallest absolute Gasteiger partial charge is 0.0417 e. The van der Waals surface area contributed by atoms with Crippen LogP contribution in [0.1, 0.15) is 18.5 Å². The summed E-state index contributed by atoms with van der Waals surface area (Å²) in [7, 11) is 1.94. The third-order valence-corrected chi connectivity index (χ3v) is 2.78. The van der Waals surface area contributed by atoms with Gasteiger partial charge >= 0.3 is 0 Å². The van der Waals surface area contributed by atoms with Crippen LogP contribution >= 0.6 is 27.5 Å². The summed E-state index contributed by atoms with van der Waals surface area (Å²) in [6.07, 6.45) is 0. The van der Waals surface area contributed by atoms with E-state index in [2.05, 4.69) is 28.2 Å². The molecule has 0 saturated heterocycles. The molecule has 0 radical (unpaired) electrons. The molecular formula is C9H11BrClN. The molecule has 66 valence electrons. The van der Waals surface area contributed by atoms with Gasteiger partial charge in [0.25, 0.3) is 0 Å². The highest BCUT2D eigenvalue weighted by molar-refractivity contribution is 9.10. The molecule has 1 aromatic carbocycles. The maximum atomic E-state index is 5.81. The van der Waals surface area contributed by atoms with Gasteiger partial charge in [0.05, 0.1) is 0 Å². The van der Waals surface area contributed by atoms with E-state index in [-0.39, 0.29) is 0 Å². The van der Waals surface area contributed by atoms with Crippen molar-refractivity contribution in [3.8, 4) is 0 Å². The second-order valence-electron chi connectivity index (χ2n) is 2.68.